The van der Waals surface area contributed by atoms with Gasteiger partial charge in [-0.05, 0) is 26.3 Å². The lowest BCUT2D eigenvalue weighted by Gasteiger charge is -2.23. The van der Waals surface area contributed by atoms with Crippen LogP contribution in [0.3, 0.4) is 0 Å². The summed E-state index contributed by atoms with van der Waals surface area (Å²) in [5, 5.41) is 7.76. The number of hydrogen-bond donors (Lipinski definition) is 1. The largest absolute Gasteiger partial charge is 0.303 e. The van der Waals surface area contributed by atoms with Crippen molar-refractivity contribution >= 4 is 0 Å². The fraction of sp³-hybridized carbons (Fsp3) is 0.438. The molecule has 0 aliphatic carbocycles. The van der Waals surface area contributed by atoms with E-state index in [1.165, 1.54) is 6.07 Å². The monoisotopic (exact) mass is 275 g/mol. The van der Waals surface area contributed by atoms with Gasteiger partial charge in [0.1, 0.15) is 5.82 Å². The molecule has 20 heavy (non-hydrogen) atoms. The van der Waals surface area contributed by atoms with Crippen molar-refractivity contribution in [2.75, 3.05) is 0 Å². The zero-order valence-electron chi connectivity index (χ0n) is 12.5. The highest BCUT2D eigenvalue weighted by molar-refractivity contribution is 5.24. The number of aromatic nitrogens is 2. The first-order valence-electron chi connectivity index (χ1n) is 7.03. The predicted octanol–water partition coefficient (Wildman–Crippen LogP) is 3.67. The summed E-state index contributed by atoms with van der Waals surface area (Å²) in [5.74, 6) is -0.151. The van der Waals surface area contributed by atoms with E-state index in [0.717, 1.165) is 23.2 Å². The van der Waals surface area contributed by atoms with Crippen LogP contribution in [0.15, 0.2) is 30.5 Å². The molecule has 0 saturated heterocycles. The van der Waals surface area contributed by atoms with Crippen LogP contribution in [0.25, 0.3) is 0 Å². The second-order valence-electron chi connectivity index (χ2n) is 5.18. The van der Waals surface area contributed by atoms with Crippen LogP contribution >= 0.6 is 0 Å². The molecular weight excluding hydrogens is 253 g/mol. The first-order valence-corrected chi connectivity index (χ1v) is 7.03. The number of halogens is 1. The highest BCUT2D eigenvalue weighted by Crippen LogP contribution is 2.25. The Morgan fingerprint density at radius 1 is 1.30 bits per heavy atom. The SMILES string of the molecule is CCC(NC(C)c1cnn(C)c1C)c1ccccc1F. The van der Waals surface area contributed by atoms with Gasteiger partial charge in [-0.3, -0.25) is 4.68 Å². The molecule has 1 heterocycles. The van der Waals surface area contributed by atoms with Crippen molar-refractivity contribution in [2.45, 2.75) is 39.3 Å². The molecule has 1 N–H and O–H groups in total. The van der Waals surface area contributed by atoms with E-state index in [1.54, 1.807) is 6.07 Å². The smallest absolute Gasteiger partial charge is 0.127 e. The van der Waals surface area contributed by atoms with E-state index in [4.69, 9.17) is 0 Å². The molecule has 2 unspecified atom stereocenters. The summed E-state index contributed by atoms with van der Waals surface area (Å²) in [4.78, 5) is 0. The van der Waals surface area contributed by atoms with Crippen molar-refractivity contribution in [1.82, 2.24) is 15.1 Å². The summed E-state index contributed by atoms with van der Waals surface area (Å²) >= 11 is 0. The molecule has 1 aromatic heterocycles. The number of nitrogens with zero attached hydrogens (tertiary/aromatic N) is 2. The lowest BCUT2D eigenvalue weighted by atomic mass is 10.0. The zero-order valence-corrected chi connectivity index (χ0v) is 12.5. The van der Waals surface area contributed by atoms with Gasteiger partial charge in [-0.1, -0.05) is 25.1 Å². The molecule has 0 aliphatic rings. The van der Waals surface area contributed by atoms with Gasteiger partial charge < -0.3 is 5.32 Å². The standard InChI is InChI=1S/C16H22FN3/c1-5-16(13-8-6-7-9-15(13)17)19-11(2)14-10-18-20(4)12(14)3/h6-11,16,19H,5H2,1-4H3. The Labute approximate surface area is 119 Å². The van der Waals surface area contributed by atoms with E-state index in [-0.39, 0.29) is 17.9 Å². The van der Waals surface area contributed by atoms with E-state index in [0.29, 0.717) is 0 Å². The fourth-order valence-corrected chi connectivity index (χ4v) is 2.52. The highest BCUT2D eigenvalue weighted by Gasteiger charge is 2.18. The van der Waals surface area contributed by atoms with Crippen molar-refractivity contribution < 1.29 is 4.39 Å². The lowest BCUT2D eigenvalue weighted by Crippen LogP contribution is -2.25. The Bertz CT molecular complexity index is 577. The molecular formula is C16H22FN3. The normalized spacial score (nSPS) is 14.2. The average Bonchev–Trinajstić information content (AvgIpc) is 2.77. The molecule has 0 saturated carbocycles. The zero-order chi connectivity index (χ0) is 14.7. The molecule has 1 aromatic carbocycles. The molecule has 4 heteroatoms. The van der Waals surface area contributed by atoms with Crippen LogP contribution in [0.2, 0.25) is 0 Å². The predicted molar refractivity (Wildman–Crippen MR) is 78.9 cm³/mol. The van der Waals surface area contributed by atoms with Crippen LogP contribution in [-0.4, -0.2) is 9.78 Å². The first kappa shape index (κ1) is 14.7. The Kier molecular flexibility index (Phi) is 4.55. The third-order valence-corrected chi connectivity index (χ3v) is 3.88. The molecule has 2 aromatic rings. The van der Waals surface area contributed by atoms with Crippen LogP contribution in [-0.2, 0) is 7.05 Å². The summed E-state index contributed by atoms with van der Waals surface area (Å²) in [6, 6.07) is 7.10. The molecule has 2 rings (SSSR count). The van der Waals surface area contributed by atoms with Gasteiger partial charge >= 0.3 is 0 Å². The number of nitrogens with one attached hydrogen (secondary N) is 1. The molecule has 0 radical (unpaired) electrons. The summed E-state index contributed by atoms with van der Waals surface area (Å²) in [5.41, 5.74) is 3.01. The second-order valence-corrected chi connectivity index (χ2v) is 5.18. The summed E-state index contributed by atoms with van der Waals surface area (Å²) in [6.07, 6.45) is 2.71. The van der Waals surface area contributed by atoms with Gasteiger partial charge in [0, 0.05) is 36.0 Å². The molecule has 0 fully saturated rings. The Morgan fingerprint density at radius 3 is 2.55 bits per heavy atom. The van der Waals surface area contributed by atoms with Crippen molar-refractivity contribution in [3.63, 3.8) is 0 Å². The number of benzene rings is 1. The maximum absolute atomic E-state index is 13.9. The topological polar surface area (TPSA) is 29.9 Å². The van der Waals surface area contributed by atoms with Gasteiger partial charge in [0.2, 0.25) is 0 Å². The summed E-state index contributed by atoms with van der Waals surface area (Å²) in [6.45, 7) is 6.20. The van der Waals surface area contributed by atoms with E-state index in [2.05, 4.69) is 24.3 Å². The molecule has 0 amide bonds. The van der Waals surface area contributed by atoms with E-state index >= 15 is 0 Å². The number of aryl methyl sites for hydroxylation is 1. The van der Waals surface area contributed by atoms with Crippen LogP contribution in [0, 0.1) is 12.7 Å². The Balaban J connectivity index is 2.19. The third-order valence-electron chi connectivity index (χ3n) is 3.88. The van der Waals surface area contributed by atoms with Gasteiger partial charge in [0.15, 0.2) is 0 Å². The van der Waals surface area contributed by atoms with Crippen molar-refractivity contribution in [3.8, 4) is 0 Å². The van der Waals surface area contributed by atoms with Gasteiger partial charge in [0.25, 0.3) is 0 Å². The van der Waals surface area contributed by atoms with Crippen LogP contribution < -0.4 is 5.32 Å². The Morgan fingerprint density at radius 2 is 2.00 bits per heavy atom. The van der Waals surface area contributed by atoms with Crippen LogP contribution in [0.4, 0.5) is 4.39 Å². The highest BCUT2D eigenvalue weighted by atomic mass is 19.1. The summed E-state index contributed by atoms with van der Waals surface area (Å²) < 4.78 is 15.8. The second kappa shape index (κ2) is 6.18. The van der Waals surface area contributed by atoms with Crippen molar-refractivity contribution in [2.24, 2.45) is 7.05 Å². The van der Waals surface area contributed by atoms with Crippen molar-refractivity contribution in [1.29, 1.82) is 0 Å². The Hall–Kier alpha value is -1.68. The fourth-order valence-electron chi connectivity index (χ4n) is 2.52. The number of rotatable bonds is 5. The van der Waals surface area contributed by atoms with Gasteiger partial charge in [-0.2, -0.15) is 5.10 Å². The minimum Gasteiger partial charge on any atom is -0.303 e. The van der Waals surface area contributed by atoms with E-state index < -0.39 is 0 Å². The third kappa shape index (κ3) is 2.90. The van der Waals surface area contributed by atoms with E-state index in [1.807, 2.05) is 37.0 Å². The van der Waals surface area contributed by atoms with Crippen molar-refractivity contribution in [3.05, 3.63) is 53.1 Å². The van der Waals surface area contributed by atoms with Crippen LogP contribution in [0.5, 0.6) is 0 Å². The molecule has 108 valence electrons. The summed E-state index contributed by atoms with van der Waals surface area (Å²) in [7, 11) is 1.93. The quantitative estimate of drug-likeness (QED) is 0.902. The molecule has 0 aliphatic heterocycles. The maximum atomic E-state index is 13.9. The molecule has 0 spiro atoms. The molecule has 2 atom stereocenters. The minimum atomic E-state index is -0.151. The molecule has 3 nitrogen and oxygen atoms in total. The van der Waals surface area contributed by atoms with Gasteiger partial charge in [-0.25, -0.2) is 4.39 Å². The maximum Gasteiger partial charge on any atom is 0.127 e. The average molecular weight is 275 g/mol. The van der Waals surface area contributed by atoms with E-state index in [9.17, 15) is 4.39 Å². The van der Waals surface area contributed by atoms with Crippen LogP contribution in [0.1, 0.15) is 49.2 Å². The minimum absolute atomic E-state index is 0.00538. The van der Waals surface area contributed by atoms with Gasteiger partial charge in [-0.15, -0.1) is 0 Å². The van der Waals surface area contributed by atoms with Gasteiger partial charge in [0.05, 0.1) is 6.20 Å². The first-order chi connectivity index (χ1) is 9.54. The number of hydrogen-bond acceptors (Lipinski definition) is 2. The molecule has 0 bridgehead atoms. The lowest BCUT2D eigenvalue weighted by molar-refractivity contribution is 0.438.